The van der Waals surface area contributed by atoms with Crippen molar-refractivity contribution in [1.29, 1.82) is 0 Å². The zero-order valence-corrected chi connectivity index (χ0v) is 24.1. The second-order valence-electron chi connectivity index (χ2n) is 8.47. The van der Waals surface area contributed by atoms with Crippen LogP contribution in [0.1, 0.15) is 16.7 Å². The Balaban J connectivity index is 1.74. The average molecular weight is 702 g/mol. The molecule has 0 saturated heterocycles. The van der Waals surface area contributed by atoms with Gasteiger partial charge in [0.15, 0.2) is 0 Å². The highest BCUT2D eigenvalue weighted by Crippen LogP contribution is 2.39. The van der Waals surface area contributed by atoms with Gasteiger partial charge in [-0.15, -0.1) is 0 Å². The van der Waals surface area contributed by atoms with Crippen LogP contribution in [0.5, 0.6) is 5.75 Å². The lowest BCUT2D eigenvalue weighted by Crippen LogP contribution is -2.44. The Labute approximate surface area is 236 Å². The molecule has 1 aliphatic rings. The van der Waals surface area contributed by atoms with Crippen LogP contribution in [0.2, 0.25) is 5.02 Å². The number of anilines is 1. The van der Waals surface area contributed by atoms with E-state index in [1.807, 2.05) is 0 Å². The van der Waals surface area contributed by atoms with Gasteiger partial charge < -0.3 is 4.74 Å². The zero-order chi connectivity index (χ0) is 27.9. The van der Waals surface area contributed by atoms with Gasteiger partial charge in [-0.1, -0.05) is 35.9 Å². The van der Waals surface area contributed by atoms with Crippen molar-refractivity contribution >= 4 is 60.0 Å². The van der Waals surface area contributed by atoms with Crippen molar-refractivity contribution in [1.82, 2.24) is 0 Å². The number of nitrogens with zero attached hydrogens (tertiary/aromatic N) is 1. The van der Waals surface area contributed by atoms with Gasteiger partial charge >= 0.3 is 3.93 Å². The van der Waals surface area contributed by atoms with Crippen molar-refractivity contribution in [3.05, 3.63) is 88.2 Å². The van der Waals surface area contributed by atoms with E-state index in [-0.39, 0.29) is 35.1 Å². The van der Waals surface area contributed by atoms with Gasteiger partial charge in [-0.05, 0) is 35.9 Å². The van der Waals surface area contributed by atoms with Crippen molar-refractivity contribution in [3.63, 3.8) is 0 Å². The maximum atomic E-state index is 14.2. The molecule has 0 amide bonds. The topological polar surface area (TPSA) is 90.0 Å². The van der Waals surface area contributed by atoms with Crippen molar-refractivity contribution in [2.24, 2.45) is 0 Å². The largest absolute Gasteiger partial charge is 0.489 e. The number of ether oxygens (including phenoxy) is 1. The Bertz CT molecular complexity index is 1560. The molecule has 0 bridgehead atoms. The lowest BCUT2D eigenvalue weighted by atomic mass is 10.0. The molecule has 0 spiro atoms. The molecule has 0 aliphatic carbocycles. The van der Waals surface area contributed by atoms with Crippen LogP contribution in [-0.4, -0.2) is 35.7 Å². The van der Waals surface area contributed by atoms with Crippen LogP contribution in [0, 0.1) is 5.82 Å². The molecule has 1 aliphatic heterocycles. The molecule has 1 atom stereocenters. The summed E-state index contributed by atoms with van der Waals surface area (Å²) in [6.45, 7) is -0.653. The molecular formula is C24H20ClF3INO6S2. The molecule has 1 heterocycles. The minimum absolute atomic E-state index is 0.0553. The summed E-state index contributed by atoms with van der Waals surface area (Å²) in [5.74, 6) is -0.398. The summed E-state index contributed by atoms with van der Waals surface area (Å²) in [6, 6.07) is 12.9. The molecule has 0 radical (unpaired) electrons. The SMILES string of the molecule is CS(=O)(=O)O[C@H]1Cc2ccc(OCc3c(F)cccc3Cl)cc2N(S(=O)(=O)c2cccc(C(F)(F)I)c2)C1. The van der Waals surface area contributed by atoms with Gasteiger partial charge in [0.05, 0.1) is 34.5 Å². The molecule has 0 N–H and O–H groups in total. The summed E-state index contributed by atoms with van der Waals surface area (Å²) in [4.78, 5) is -0.415. The Morgan fingerprint density at radius 1 is 1.08 bits per heavy atom. The van der Waals surface area contributed by atoms with Crippen molar-refractivity contribution in [3.8, 4) is 5.75 Å². The summed E-state index contributed by atoms with van der Waals surface area (Å²) in [5, 5.41) is 0.153. The second kappa shape index (κ2) is 10.8. The van der Waals surface area contributed by atoms with Crippen LogP contribution >= 0.6 is 34.2 Å². The number of halogens is 5. The molecule has 204 valence electrons. The monoisotopic (exact) mass is 701 g/mol. The van der Waals surface area contributed by atoms with E-state index in [0.29, 0.717) is 5.56 Å². The summed E-state index contributed by atoms with van der Waals surface area (Å²) in [7, 11) is -8.39. The highest BCUT2D eigenvalue weighted by molar-refractivity contribution is 14.1. The molecular weight excluding hydrogens is 682 g/mol. The molecule has 0 saturated carbocycles. The molecule has 38 heavy (non-hydrogen) atoms. The quantitative estimate of drug-likeness (QED) is 0.172. The Morgan fingerprint density at radius 3 is 2.45 bits per heavy atom. The van der Waals surface area contributed by atoms with Gasteiger partial charge in [-0.2, -0.15) is 17.2 Å². The number of hydrogen-bond donors (Lipinski definition) is 0. The van der Waals surface area contributed by atoms with Crippen LogP contribution in [-0.2, 0) is 41.3 Å². The maximum absolute atomic E-state index is 14.2. The minimum Gasteiger partial charge on any atom is -0.489 e. The van der Waals surface area contributed by atoms with Gasteiger partial charge in [0.1, 0.15) is 18.2 Å². The highest BCUT2D eigenvalue weighted by Gasteiger charge is 2.37. The number of rotatable bonds is 8. The van der Waals surface area contributed by atoms with E-state index >= 15 is 0 Å². The summed E-state index contributed by atoms with van der Waals surface area (Å²) >= 11 is 6.95. The van der Waals surface area contributed by atoms with Gasteiger partial charge in [-0.25, -0.2) is 12.8 Å². The number of benzene rings is 3. The minimum atomic E-state index is -4.46. The Morgan fingerprint density at radius 2 is 1.79 bits per heavy atom. The Kier molecular flexibility index (Phi) is 8.25. The fraction of sp³-hybridized carbons (Fsp3) is 0.250. The number of sulfonamides is 1. The first-order valence-electron chi connectivity index (χ1n) is 10.9. The summed E-state index contributed by atoms with van der Waals surface area (Å²) in [5.41, 5.74) is 0.149. The fourth-order valence-electron chi connectivity index (χ4n) is 3.96. The van der Waals surface area contributed by atoms with Crippen LogP contribution in [0.3, 0.4) is 0 Å². The summed E-state index contributed by atoms with van der Waals surface area (Å²) < 4.78 is 101. The van der Waals surface area contributed by atoms with Crippen LogP contribution in [0.15, 0.2) is 65.6 Å². The number of fused-ring (bicyclic) bond motifs is 1. The van der Waals surface area contributed by atoms with Crippen molar-refractivity contribution < 1.29 is 38.9 Å². The summed E-state index contributed by atoms with van der Waals surface area (Å²) in [6.07, 6.45) is -0.164. The molecule has 0 unspecified atom stereocenters. The first-order chi connectivity index (χ1) is 17.6. The number of hydrogen-bond acceptors (Lipinski definition) is 6. The van der Waals surface area contributed by atoms with E-state index < -0.39 is 53.0 Å². The fourth-order valence-corrected chi connectivity index (χ4v) is 6.71. The van der Waals surface area contributed by atoms with E-state index in [9.17, 15) is 30.0 Å². The number of alkyl halides is 3. The second-order valence-corrected chi connectivity index (χ2v) is 13.7. The van der Waals surface area contributed by atoms with E-state index in [2.05, 4.69) is 0 Å². The molecule has 0 aromatic heterocycles. The third-order valence-electron chi connectivity index (χ3n) is 5.65. The predicted molar refractivity (Wildman–Crippen MR) is 144 cm³/mol. The first-order valence-corrected chi connectivity index (χ1v) is 15.6. The van der Waals surface area contributed by atoms with Crippen molar-refractivity contribution in [2.45, 2.75) is 28.0 Å². The molecule has 7 nitrogen and oxygen atoms in total. The van der Waals surface area contributed by atoms with Gasteiger partial charge in [0.2, 0.25) is 0 Å². The lowest BCUT2D eigenvalue weighted by molar-refractivity contribution is 0.127. The predicted octanol–water partition coefficient (Wildman–Crippen LogP) is 5.64. The average Bonchev–Trinajstić information content (AvgIpc) is 2.82. The van der Waals surface area contributed by atoms with E-state index in [1.165, 1.54) is 48.5 Å². The molecule has 3 aromatic rings. The molecule has 14 heteroatoms. The molecule has 3 aromatic carbocycles. The van der Waals surface area contributed by atoms with E-state index in [4.69, 9.17) is 20.5 Å². The molecule has 4 rings (SSSR count). The van der Waals surface area contributed by atoms with Crippen LogP contribution in [0.25, 0.3) is 0 Å². The maximum Gasteiger partial charge on any atom is 0.321 e. The normalized spacial score (nSPS) is 16.3. The zero-order valence-electron chi connectivity index (χ0n) is 19.6. The first kappa shape index (κ1) is 28.9. The van der Waals surface area contributed by atoms with Crippen LogP contribution < -0.4 is 9.04 Å². The third-order valence-corrected chi connectivity index (χ3v) is 9.02. The van der Waals surface area contributed by atoms with E-state index in [1.54, 1.807) is 0 Å². The van der Waals surface area contributed by atoms with Crippen LogP contribution in [0.4, 0.5) is 18.9 Å². The molecule has 0 fully saturated rings. The standard InChI is InChI=1S/C24H20ClF3INO6S2/c1-37(31,32)36-18-10-15-8-9-17(35-14-20-21(25)6-3-7-22(20)26)12-23(15)30(13-18)38(33,34)19-5-2-4-16(11-19)24(27,28)29/h2-9,11-12,18H,10,13-14H2,1H3/t18-/m0/s1. The smallest absolute Gasteiger partial charge is 0.321 e. The van der Waals surface area contributed by atoms with Gasteiger partial charge in [0.25, 0.3) is 20.1 Å². The van der Waals surface area contributed by atoms with Crippen molar-refractivity contribution in [2.75, 3.05) is 17.1 Å². The lowest BCUT2D eigenvalue weighted by Gasteiger charge is -2.35. The third kappa shape index (κ3) is 6.55. The highest BCUT2D eigenvalue weighted by atomic mass is 127. The van der Waals surface area contributed by atoms with Gasteiger partial charge in [0, 0.05) is 46.2 Å². The Hall–Kier alpha value is -2.07. The van der Waals surface area contributed by atoms with E-state index in [0.717, 1.165) is 45.3 Å². The van der Waals surface area contributed by atoms with Gasteiger partial charge in [-0.3, -0.25) is 8.49 Å².